The average Bonchev–Trinajstić information content (AvgIpc) is 3.34. The first-order chi connectivity index (χ1) is 11.2. The molecule has 1 aliphatic rings. The van der Waals surface area contributed by atoms with Crippen molar-refractivity contribution in [1.82, 2.24) is 0 Å². The van der Waals surface area contributed by atoms with Gasteiger partial charge in [0.05, 0.1) is 0 Å². The van der Waals surface area contributed by atoms with Gasteiger partial charge in [0.2, 0.25) is 0 Å². The van der Waals surface area contributed by atoms with Crippen molar-refractivity contribution in [2.24, 2.45) is 11.8 Å². The van der Waals surface area contributed by atoms with Gasteiger partial charge in [0.15, 0.2) is 0 Å². The molecular formula is C23H22. The summed E-state index contributed by atoms with van der Waals surface area (Å²) in [6, 6.07) is 19.0. The normalized spacial score (nSPS) is 18.6. The smallest absolute Gasteiger partial charge is 0.0323 e. The summed E-state index contributed by atoms with van der Waals surface area (Å²) in [5.41, 5.74) is 7.04. The van der Waals surface area contributed by atoms with Gasteiger partial charge in [-0.2, -0.15) is 0 Å². The van der Waals surface area contributed by atoms with Crippen LogP contribution in [-0.2, 0) is 0 Å². The fourth-order valence-corrected chi connectivity index (χ4v) is 2.70. The molecule has 0 bridgehead atoms. The summed E-state index contributed by atoms with van der Waals surface area (Å²) in [5, 5.41) is 0. The van der Waals surface area contributed by atoms with Crippen molar-refractivity contribution in [3.63, 3.8) is 0 Å². The molecule has 0 saturated heterocycles. The van der Waals surface area contributed by atoms with Crippen molar-refractivity contribution in [1.29, 1.82) is 0 Å². The molecule has 0 N–H and O–H groups in total. The van der Waals surface area contributed by atoms with Crippen LogP contribution in [-0.4, -0.2) is 0 Å². The monoisotopic (exact) mass is 298 g/mol. The van der Waals surface area contributed by atoms with E-state index in [9.17, 15) is 0 Å². The standard InChI is InChI=1S/C23H22/c1-18(2)15-16-20-10-7-6-9-19(20)13-8-14-22-17-23(22)21-11-4-3-5-12-21/h3-7,9-14,18,22-23H,17H2,1-2H3/t8?,22-,23+/m1/s1. The lowest BCUT2D eigenvalue weighted by Crippen LogP contribution is -1.83. The Balaban J connectivity index is 1.71. The maximum atomic E-state index is 3.37. The van der Waals surface area contributed by atoms with Crippen molar-refractivity contribution in [2.75, 3.05) is 0 Å². The summed E-state index contributed by atoms with van der Waals surface area (Å²) in [4.78, 5) is 0. The second kappa shape index (κ2) is 7.19. The highest BCUT2D eigenvalue weighted by atomic mass is 14.4. The van der Waals surface area contributed by atoms with Crippen molar-refractivity contribution < 1.29 is 0 Å². The highest BCUT2D eigenvalue weighted by Crippen LogP contribution is 2.48. The molecule has 0 spiro atoms. The second-order valence-electron chi connectivity index (χ2n) is 6.41. The lowest BCUT2D eigenvalue weighted by Gasteiger charge is -1.97. The zero-order valence-corrected chi connectivity index (χ0v) is 13.8. The molecule has 0 heteroatoms. The van der Waals surface area contributed by atoms with Crippen LogP contribution >= 0.6 is 0 Å². The van der Waals surface area contributed by atoms with Crippen molar-refractivity contribution in [3.05, 3.63) is 83.1 Å². The van der Waals surface area contributed by atoms with E-state index in [0.717, 1.165) is 11.1 Å². The molecular weight excluding hydrogens is 276 g/mol. The van der Waals surface area contributed by atoms with E-state index in [1.165, 1.54) is 12.0 Å². The van der Waals surface area contributed by atoms with Crippen LogP contribution in [0.4, 0.5) is 0 Å². The van der Waals surface area contributed by atoms with Crippen LogP contribution in [0, 0.1) is 23.7 Å². The number of hydrogen-bond acceptors (Lipinski definition) is 0. The number of allylic oxidation sites excluding steroid dienone is 1. The summed E-state index contributed by atoms with van der Waals surface area (Å²) in [6.45, 7) is 4.23. The molecule has 0 unspecified atom stereocenters. The molecule has 3 rings (SSSR count). The largest absolute Gasteiger partial charge is 0.124 e. The molecule has 2 atom stereocenters. The fourth-order valence-electron chi connectivity index (χ4n) is 2.70. The van der Waals surface area contributed by atoms with Gasteiger partial charge in [-0.15, -0.1) is 5.73 Å². The van der Waals surface area contributed by atoms with Crippen LogP contribution in [0.2, 0.25) is 0 Å². The zero-order valence-electron chi connectivity index (χ0n) is 13.8. The predicted molar refractivity (Wildman–Crippen MR) is 98.0 cm³/mol. The lowest BCUT2D eigenvalue weighted by atomic mass is 10.1. The molecule has 1 saturated carbocycles. The summed E-state index contributed by atoms with van der Waals surface area (Å²) < 4.78 is 0. The Kier molecular flexibility index (Phi) is 4.82. The molecule has 2 aromatic carbocycles. The molecule has 0 nitrogen and oxygen atoms in total. The van der Waals surface area contributed by atoms with Crippen molar-refractivity contribution in [3.8, 4) is 11.8 Å². The Morgan fingerprint density at radius 3 is 2.52 bits per heavy atom. The highest BCUT2D eigenvalue weighted by molar-refractivity contribution is 5.58. The molecule has 0 aliphatic heterocycles. The van der Waals surface area contributed by atoms with E-state index >= 15 is 0 Å². The number of rotatable bonds is 3. The van der Waals surface area contributed by atoms with Crippen molar-refractivity contribution >= 4 is 6.08 Å². The second-order valence-corrected chi connectivity index (χ2v) is 6.41. The predicted octanol–water partition coefficient (Wildman–Crippen LogP) is 5.67. The van der Waals surface area contributed by atoms with Crippen molar-refractivity contribution in [2.45, 2.75) is 26.2 Å². The van der Waals surface area contributed by atoms with E-state index in [2.05, 4.69) is 92.1 Å². The molecule has 0 aromatic heterocycles. The maximum Gasteiger partial charge on any atom is 0.0323 e. The Labute approximate surface area is 139 Å². The van der Waals surface area contributed by atoms with Gasteiger partial charge in [0.25, 0.3) is 0 Å². The third-order valence-electron chi connectivity index (χ3n) is 4.07. The SMILES string of the molecule is CC(C)C#Cc1ccccc1C=C=C[C@@H]1C[C@H]1c1ccccc1. The topological polar surface area (TPSA) is 0 Å². The van der Waals surface area contributed by atoms with E-state index in [0.29, 0.717) is 17.8 Å². The van der Waals surface area contributed by atoms with Gasteiger partial charge >= 0.3 is 0 Å². The summed E-state index contributed by atoms with van der Waals surface area (Å²) in [5.74, 6) is 8.19. The van der Waals surface area contributed by atoms with Crippen LogP contribution < -0.4 is 0 Å². The van der Waals surface area contributed by atoms with Crippen LogP contribution in [0.25, 0.3) is 6.08 Å². The first-order valence-electron chi connectivity index (χ1n) is 8.32. The van der Waals surface area contributed by atoms with E-state index in [-0.39, 0.29) is 0 Å². The summed E-state index contributed by atoms with van der Waals surface area (Å²) in [6.07, 6.45) is 5.51. The molecule has 0 radical (unpaired) electrons. The molecule has 0 heterocycles. The fraction of sp³-hybridized carbons (Fsp3) is 0.261. The van der Waals surface area contributed by atoms with Gasteiger partial charge in [-0.25, -0.2) is 0 Å². The highest BCUT2D eigenvalue weighted by Gasteiger charge is 2.35. The zero-order chi connectivity index (χ0) is 16.1. The first-order valence-corrected chi connectivity index (χ1v) is 8.32. The third kappa shape index (κ3) is 4.26. The number of hydrogen-bond donors (Lipinski definition) is 0. The molecule has 23 heavy (non-hydrogen) atoms. The van der Waals surface area contributed by atoms with Gasteiger partial charge in [-0.05, 0) is 47.6 Å². The molecule has 1 fully saturated rings. The molecule has 0 amide bonds. The van der Waals surface area contributed by atoms with Gasteiger partial charge in [0.1, 0.15) is 0 Å². The van der Waals surface area contributed by atoms with E-state index in [1.807, 2.05) is 6.07 Å². The molecule has 2 aromatic rings. The van der Waals surface area contributed by atoms with Crippen LogP contribution in [0.5, 0.6) is 0 Å². The minimum Gasteiger partial charge on any atom is -0.124 e. The summed E-state index contributed by atoms with van der Waals surface area (Å²) >= 11 is 0. The van der Waals surface area contributed by atoms with E-state index in [1.54, 1.807) is 0 Å². The molecule has 1 aliphatic carbocycles. The van der Waals surface area contributed by atoms with E-state index < -0.39 is 0 Å². The van der Waals surface area contributed by atoms with Gasteiger partial charge < -0.3 is 0 Å². The Morgan fingerprint density at radius 2 is 1.74 bits per heavy atom. The first kappa shape index (κ1) is 15.4. The van der Waals surface area contributed by atoms with Gasteiger partial charge in [-0.1, -0.05) is 74.2 Å². The lowest BCUT2D eigenvalue weighted by molar-refractivity contribution is 0.866. The molecule has 114 valence electrons. The third-order valence-corrected chi connectivity index (χ3v) is 4.07. The Hall–Kier alpha value is -2.48. The van der Waals surface area contributed by atoms with Gasteiger partial charge in [0, 0.05) is 11.5 Å². The minimum atomic E-state index is 0.390. The maximum absolute atomic E-state index is 3.37. The summed E-state index contributed by atoms with van der Waals surface area (Å²) in [7, 11) is 0. The minimum absolute atomic E-state index is 0.390. The number of benzene rings is 2. The van der Waals surface area contributed by atoms with Gasteiger partial charge in [-0.3, -0.25) is 0 Å². The quantitative estimate of drug-likeness (QED) is 0.506. The van der Waals surface area contributed by atoms with Crippen LogP contribution in [0.3, 0.4) is 0 Å². The van der Waals surface area contributed by atoms with Crippen LogP contribution in [0.15, 0.2) is 66.4 Å². The van der Waals surface area contributed by atoms with E-state index in [4.69, 9.17) is 0 Å². The average molecular weight is 298 g/mol. The van der Waals surface area contributed by atoms with Crippen LogP contribution in [0.1, 0.15) is 42.9 Å². The Bertz CT molecular complexity index is 778. The Morgan fingerprint density at radius 1 is 1.00 bits per heavy atom.